The van der Waals surface area contributed by atoms with Crippen LogP contribution in [0.3, 0.4) is 0 Å². The standard InChI is InChI=1S/C10H15N3O/c1-10(5-2-3-6-10)9(14)12-8-4-7-11-13-8/h4,7H,2-3,5-6H2,1H3,(H2,11,12,13,14). The van der Waals surface area contributed by atoms with E-state index in [0.717, 1.165) is 25.7 Å². The molecule has 1 heterocycles. The fourth-order valence-corrected chi connectivity index (χ4v) is 1.98. The van der Waals surface area contributed by atoms with Crippen LogP contribution < -0.4 is 5.32 Å². The number of carbonyl (C=O) groups is 1. The van der Waals surface area contributed by atoms with Crippen LogP contribution in [0, 0.1) is 5.41 Å². The van der Waals surface area contributed by atoms with Crippen LogP contribution in [-0.2, 0) is 4.79 Å². The summed E-state index contributed by atoms with van der Waals surface area (Å²) < 4.78 is 0. The van der Waals surface area contributed by atoms with Gasteiger partial charge < -0.3 is 5.32 Å². The summed E-state index contributed by atoms with van der Waals surface area (Å²) in [6.45, 7) is 2.03. The molecule has 1 saturated carbocycles. The number of nitrogens with zero attached hydrogens (tertiary/aromatic N) is 1. The smallest absolute Gasteiger partial charge is 0.231 e. The van der Waals surface area contributed by atoms with Crippen LogP contribution in [0.15, 0.2) is 12.3 Å². The van der Waals surface area contributed by atoms with Gasteiger partial charge in [-0.2, -0.15) is 5.10 Å². The minimum absolute atomic E-state index is 0.110. The molecule has 1 aliphatic rings. The second-order valence-electron chi connectivity index (χ2n) is 4.19. The maximum Gasteiger partial charge on any atom is 0.231 e. The topological polar surface area (TPSA) is 57.8 Å². The summed E-state index contributed by atoms with van der Waals surface area (Å²) in [5.41, 5.74) is -0.175. The first kappa shape index (κ1) is 9.24. The third-order valence-corrected chi connectivity index (χ3v) is 3.00. The Kier molecular flexibility index (Phi) is 2.27. The van der Waals surface area contributed by atoms with Gasteiger partial charge in [-0.25, -0.2) is 0 Å². The number of anilines is 1. The lowest BCUT2D eigenvalue weighted by atomic mass is 9.88. The first-order valence-corrected chi connectivity index (χ1v) is 5.02. The molecule has 0 bridgehead atoms. The highest BCUT2D eigenvalue weighted by atomic mass is 16.2. The van der Waals surface area contributed by atoms with Crippen molar-refractivity contribution in [2.24, 2.45) is 5.41 Å². The van der Waals surface area contributed by atoms with E-state index in [2.05, 4.69) is 15.5 Å². The van der Waals surface area contributed by atoms with E-state index in [1.807, 2.05) is 6.92 Å². The van der Waals surface area contributed by atoms with Gasteiger partial charge in [0.25, 0.3) is 0 Å². The van der Waals surface area contributed by atoms with Crippen molar-refractivity contribution in [3.8, 4) is 0 Å². The highest BCUT2D eigenvalue weighted by molar-refractivity contribution is 5.94. The van der Waals surface area contributed by atoms with Gasteiger partial charge in [-0.05, 0) is 12.8 Å². The Hall–Kier alpha value is -1.32. The average molecular weight is 193 g/mol. The van der Waals surface area contributed by atoms with Crippen molar-refractivity contribution in [3.63, 3.8) is 0 Å². The molecule has 0 atom stereocenters. The van der Waals surface area contributed by atoms with Gasteiger partial charge in [0.2, 0.25) is 5.91 Å². The molecule has 4 nitrogen and oxygen atoms in total. The van der Waals surface area contributed by atoms with E-state index in [0.29, 0.717) is 5.82 Å². The highest BCUT2D eigenvalue weighted by Gasteiger charge is 2.36. The third kappa shape index (κ3) is 1.64. The second kappa shape index (κ2) is 3.44. The minimum atomic E-state index is -0.175. The molecule has 1 aliphatic carbocycles. The predicted octanol–water partition coefficient (Wildman–Crippen LogP) is 1.93. The molecule has 0 aromatic carbocycles. The number of aromatic nitrogens is 2. The van der Waals surface area contributed by atoms with E-state index in [9.17, 15) is 4.79 Å². The first-order valence-electron chi connectivity index (χ1n) is 5.02. The number of aromatic amines is 1. The normalized spacial score (nSPS) is 19.5. The van der Waals surface area contributed by atoms with E-state index in [-0.39, 0.29) is 11.3 Å². The maximum absolute atomic E-state index is 11.9. The summed E-state index contributed by atoms with van der Waals surface area (Å²) in [5, 5.41) is 9.36. The fraction of sp³-hybridized carbons (Fsp3) is 0.600. The van der Waals surface area contributed by atoms with Crippen LogP contribution in [0.4, 0.5) is 5.82 Å². The van der Waals surface area contributed by atoms with Gasteiger partial charge in [0.1, 0.15) is 5.82 Å². The summed E-state index contributed by atoms with van der Waals surface area (Å²) in [4.78, 5) is 11.9. The van der Waals surface area contributed by atoms with Crippen LogP contribution in [0.2, 0.25) is 0 Å². The molecule has 0 radical (unpaired) electrons. The summed E-state index contributed by atoms with van der Waals surface area (Å²) in [6, 6.07) is 1.76. The Morgan fingerprint density at radius 2 is 2.29 bits per heavy atom. The molecule has 2 N–H and O–H groups in total. The molecule has 0 saturated heterocycles. The molecule has 1 amide bonds. The van der Waals surface area contributed by atoms with Gasteiger partial charge in [-0.3, -0.25) is 9.89 Å². The van der Waals surface area contributed by atoms with Crippen molar-refractivity contribution in [2.75, 3.05) is 5.32 Å². The fourth-order valence-electron chi connectivity index (χ4n) is 1.98. The Labute approximate surface area is 83.1 Å². The predicted molar refractivity (Wildman–Crippen MR) is 53.8 cm³/mol. The van der Waals surface area contributed by atoms with E-state index >= 15 is 0 Å². The Balaban J connectivity index is 2.02. The number of rotatable bonds is 2. The zero-order valence-corrected chi connectivity index (χ0v) is 8.34. The zero-order chi connectivity index (χ0) is 10.0. The SMILES string of the molecule is CC1(C(=O)Nc2ccn[nH]2)CCCC1. The lowest BCUT2D eigenvalue weighted by Gasteiger charge is -2.21. The van der Waals surface area contributed by atoms with Gasteiger partial charge in [0.05, 0.1) is 6.20 Å². The molecule has 1 aromatic rings. The van der Waals surface area contributed by atoms with Crippen molar-refractivity contribution < 1.29 is 4.79 Å². The largest absolute Gasteiger partial charge is 0.311 e. The van der Waals surface area contributed by atoms with E-state index < -0.39 is 0 Å². The number of nitrogens with one attached hydrogen (secondary N) is 2. The molecule has 14 heavy (non-hydrogen) atoms. The average Bonchev–Trinajstić information content (AvgIpc) is 2.76. The molecular formula is C10H15N3O. The number of hydrogen-bond donors (Lipinski definition) is 2. The van der Waals surface area contributed by atoms with E-state index in [1.54, 1.807) is 12.3 Å². The number of hydrogen-bond acceptors (Lipinski definition) is 2. The van der Waals surface area contributed by atoms with Crippen LogP contribution in [0.5, 0.6) is 0 Å². The molecule has 0 spiro atoms. The monoisotopic (exact) mass is 193 g/mol. The lowest BCUT2D eigenvalue weighted by molar-refractivity contribution is -0.124. The Morgan fingerprint density at radius 1 is 1.57 bits per heavy atom. The maximum atomic E-state index is 11.9. The second-order valence-corrected chi connectivity index (χ2v) is 4.19. The summed E-state index contributed by atoms with van der Waals surface area (Å²) >= 11 is 0. The van der Waals surface area contributed by atoms with Gasteiger partial charge in [-0.15, -0.1) is 0 Å². The molecule has 76 valence electrons. The molecule has 2 rings (SSSR count). The van der Waals surface area contributed by atoms with Crippen molar-refractivity contribution in [2.45, 2.75) is 32.6 Å². The lowest BCUT2D eigenvalue weighted by Crippen LogP contribution is -2.30. The third-order valence-electron chi connectivity index (χ3n) is 3.00. The van der Waals surface area contributed by atoms with Crippen molar-refractivity contribution in [1.82, 2.24) is 10.2 Å². The molecule has 4 heteroatoms. The van der Waals surface area contributed by atoms with Crippen molar-refractivity contribution in [3.05, 3.63) is 12.3 Å². The zero-order valence-electron chi connectivity index (χ0n) is 8.34. The van der Waals surface area contributed by atoms with Gasteiger partial charge >= 0.3 is 0 Å². The van der Waals surface area contributed by atoms with Gasteiger partial charge in [-0.1, -0.05) is 19.8 Å². The highest BCUT2D eigenvalue weighted by Crippen LogP contribution is 2.38. The van der Waals surface area contributed by atoms with Crippen molar-refractivity contribution >= 4 is 11.7 Å². The van der Waals surface area contributed by atoms with E-state index in [4.69, 9.17) is 0 Å². The summed E-state index contributed by atoms with van der Waals surface area (Å²) in [6.07, 6.45) is 5.94. The summed E-state index contributed by atoms with van der Waals surface area (Å²) in [7, 11) is 0. The van der Waals surface area contributed by atoms with Crippen LogP contribution in [0.25, 0.3) is 0 Å². The Morgan fingerprint density at radius 3 is 2.86 bits per heavy atom. The molecule has 0 unspecified atom stereocenters. The van der Waals surface area contributed by atoms with Crippen LogP contribution in [0.1, 0.15) is 32.6 Å². The van der Waals surface area contributed by atoms with Crippen LogP contribution in [-0.4, -0.2) is 16.1 Å². The van der Waals surface area contributed by atoms with Crippen molar-refractivity contribution in [1.29, 1.82) is 0 Å². The minimum Gasteiger partial charge on any atom is -0.311 e. The quantitative estimate of drug-likeness (QED) is 0.754. The first-order chi connectivity index (χ1) is 6.71. The molecular weight excluding hydrogens is 178 g/mol. The number of H-pyrrole nitrogens is 1. The number of carbonyl (C=O) groups excluding carboxylic acids is 1. The number of amides is 1. The molecule has 1 fully saturated rings. The molecule has 0 aliphatic heterocycles. The van der Waals surface area contributed by atoms with Gasteiger partial charge in [0.15, 0.2) is 0 Å². The van der Waals surface area contributed by atoms with Crippen LogP contribution >= 0.6 is 0 Å². The molecule has 1 aromatic heterocycles. The van der Waals surface area contributed by atoms with E-state index in [1.165, 1.54) is 0 Å². The summed E-state index contributed by atoms with van der Waals surface area (Å²) in [5.74, 6) is 0.794. The Bertz CT molecular complexity index is 312. The van der Waals surface area contributed by atoms with Gasteiger partial charge in [0, 0.05) is 11.5 Å².